The van der Waals surface area contributed by atoms with E-state index in [2.05, 4.69) is 129 Å². The number of carboxylic acid groups (broad SMARTS) is 4. The summed E-state index contributed by atoms with van der Waals surface area (Å²) in [4.78, 5) is 63.5. The topological polar surface area (TPSA) is 361 Å². The van der Waals surface area contributed by atoms with Crippen LogP contribution in [0.5, 0.6) is 11.5 Å². The van der Waals surface area contributed by atoms with Crippen LogP contribution in [-0.2, 0) is 0 Å². The molecular weight excluding hydrogens is 2240 g/mol. The van der Waals surface area contributed by atoms with E-state index < -0.39 is 23.9 Å². The van der Waals surface area contributed by atoms with Crippen molar-refractivity contribution in [2.75, 3.05) is 24.9 Å². The molecule has 2 aromatic heterocycles. The van der Waals surface area contributed by atoms with Crippen molar-refractivity contribution in [2.45, 2.75) is 0 Å². The van der Waals surface area contributed by atoms with E-state index in [1.165, 1.54) is 21.5 Å². The average molecular weight is 2330 g/mol. The van der Waals surface area contributed by atoms with Crippen molar-refractivity contribution in [1.82, 2.24) is 9.97 Å². The number of aliphatic hydroxyl groups excluding tert-OH is 2. The largest absolute Gasteiger partial charge is 3.00 e. The van der Waals surface area contributed by atoms with Gasteiger partial charge in [0.15, 0.2) is 0 Å². The molecule has 0 saturated carbocycles. The molecule has 0 saturated heterocycles. The van der Waals surface area contributed by atoms with Crippen molar-refractivity contribution in [3.63, 3.8) is 0 Å². The summed E-state index contributed by atoms with van der Waals surface area (Å²) in [6.45, 7) is 0. The molecule has 0 spiro atoms. The number of carboxylic acids is 4. The van der Waals surface area contributed by atoms with Crippen molar-refractivity contribution in [3.8, 4) is 33.8 Å². The van der Waals surface area contributed by atoms with Gasteiger partial charge in [-0.15, -0.1) is 57.9 Å². The van der Waals surface area contributed by atoms with Crippen LogP contribution in [0.15, 0.2) is 447 Å². The molecule has 0 fully saturated rings. The normalized spacial score (nSPS) is 10.5. The Morgan fingerprint density at radius 2 is 0.426 bits per heavy atom. The maximum absolute atomic E-state index is 12.7. The van der Waals surface area contributed by atoms with Crippen LogP contribution in [0.1, 0.15) is 52.6 Å². The Morgan fingerprint density at radius 3 is 0.628 bits per heavy atom. The molecule has 2 heterocycles. The number of aromatic carboxylic acids is 4. The van der Waals surface area contributed by atoms with Gasteiger partial charge in [0.05, 0.1) is 57.0 Å². The van der Waals surface area contributed by atoms with E-state index in [1.807, 2.05) is 303 Å². The summed E-state index contributed by atoms with van der Waals surface area (Å²) in [5.41, 5.74) is 9.60. The number of carbonyl (C=O) groups is 4. The smallest absolute Gasteiger partial charge is 0.872 e. The zero-order valence-electron chi connectivity index (χ0n) is 79.0. The van der Waals surface area contributed by atoms with E-state index in [-0.39, 0.29) is 132 Å². The Kier molecular flexibility index (Phi) is 42.2. The maximum atomic E-state index is 12.7. The molecule has 0 bridgehead atoms. The zero-order chi connectivity index (χ0) is 101. The van der Waals surface area contributed by atoms with Gasteiger partial charge >= 0.3 is 76.3 Å². The maximum Gasteiger partial charge on any atom is 3.00 e. The first-order valence-corrected chi connectivity index (χ1v) is 47.4. The van der Waals surface area contributed by atoms with Crippen molar-refractivity contribution in [2.24, 2.45) is 9.98 Å². The third-order valence-corrected chi connectivity index (χ3v) is 23.9. The molecule has 0 aliphatic heterocycles. The first-order chi connectivity index (χ1) is 70.5. The van der Waals surface area contributed by atoms with Crippen LogP contribution in [0.2, 0.25) is 0 Å². The number of hydrogen-bond acceptors (Lipinski definition) is 16. The molecule has 738 valence electrons. The minimum atomic E-state index is -1.13. The first-order valence-electron chi connectivity index (χ1n) is 45.3. The molecule has 0 unspecified atom stereocenters. The molecule has 0 aliphatic rings. The van der Waals surface area contributed by atoms with Gasteiger partial charge in [-0.2, -0.15) is 0 Å². The standard InChI is InChI=1S/2C30H20N2O.4C15H10O2.2CH2Cl2.2CH4O.2Dy.2H2O/c2*33-28-15-14-23(18-24(28)19-32-27-13-5-9-20-10-6-16-31-30(20)27)29-25-11-3-1-7-21(25)17-22-8-2-4-12-26(22)29;4*16-15(17)14-12-7-3-1-5-10(12)9-11-6-2-4-8-13(11)14;2*2-1-3;2*1-2;;;;/h2*1-19,33H;4*1-9H,(H,16,17);2*1H2;2*2H,1H3;;;2*1H2/q;;;;;;;;;;2*+3;;/p-6. The molecule has 24 aromatic rings. The van der Waals surface area contributed by atoms with Crippen LogP contribution in [0.25, 0.3) is 173 Å². The van der Waals surface area contributed by atoms with Gasteiger partial charge in [-0.1, -0.05) is 352 Å². The fraction of sp³-hybridized carbons (Fsp3) is 0.0323. The van der Waals surface area contributed by atoms with Gasteiger partial charge in [0, 0.05) is 72.1 Å². The molecule has 2 radical (unpaired) electrons. The Morgan fingerprint density at radius 1 is 0.250 bits per heavy atom. The van der Waals surface area contributed by atoms with E-state index in [9.17, 15) is 49.8 Å². The van der Waals surface area contributed by atoms with Gasteiger partial charge in [0.1, 0.15) is 0 Å². The Balaban J connectivity index is 0.000000169. The summed E-state index contributed by atoms with van der Waals surface area (Å²) >= 11 is 19.1. The van der Waals surface area contributed by atoms with Crippen molar-refractivity contribution in [1.29, 1.82) is 0 Å². The number of pyridine rings is 2. The number of alkyl halides is 4. The Bertz CT molecular complexity index is 7850. The second-order valence-electron chi connectivity index (χ2n) is 32.2. The van der Waals surface area contributed by atoms with E-state index in [0.29, 0.717) is 11.1 Å². The van der Waals surface area contributed by atoms with Crippen LogP contribution in [0.3, 0.4) is 0 Å². The second-order valence-corrected chi connectivity index (χ2v) is 33.9. The van der Waals surface area contributed by atoms with E-state index in [4.69, 9.17) is 56.6 Å². The molecule has 24 rings (SSSR count). The van der Waals surface area contributed by atoms with Crippen molar-refractivity contribution >= 4 is 245 Å². The molecular formula is C124H90Cl4Dy2N4O14. The van der Waals surface area contributed by atoms with Gasteiger partial charge < -0.3 is 71.0 Å². The van der Waals surface area contributed by atoms with Gasteiger partial charge in [-0.3, -0.25) is 20.0 Å². The molecule has 24 heteroatoms. The van der Waals surface area contributed by atoms with Crippen LogP contribution in [-0.4, -0.2) is 92.3 Å². The van der Waals surface area contributed by atoms with Gasteiger partial charge in [0.25, 0.3) is 0 Å². The molecule has 0 atom stereocenters. The summed E-state index contributed by atoms with van der Waals surface area (Å²) < 4.78 is 0. The number of rotatable bonds is 10. The van der Waals surface area contributed by atoms with Gasteiger partial charge in [-0.25, -0.2) is 0 Å². The molecule has 6 N–H and O–H groups in total. The van der Waals surface area contributed by atoms with E-state index in [1.54, 1.807) is 37.0 Å². The number of halogens is 4. The van der Waals surface area contributed by atoms with Crippen molar-refractivity contribution < 1.29 is 147 Å². The molecule has 18 nitrogen and oxygen atoms in total. The average Bonchev–Trinajstić information content (AvgIpc) is 0.757. The third kappa shape index (κ3) is 26.2. The summed E-state index contributed by atoms with van der Waals surface area (Å²) in [6.07, 6.45) is 6.82. The molecule has 0 amide bonds. The van der Waals surface area contributed by atoms with Gasteiger partial charge in [-0.05, 0) is 235 Å². The first kappa shape index (κ1) is 113. The SMILES string of the molecule is CO.CO.ClCCl.ClCCl.O.O.O=C([O-])c1c2ccccc2cc2ccccc12.O=C([O-])c1c2ccccc2cc2ccccc12.O=C([O-])c1c2ccccc2cc2ccccc12.O=C([O-])c1c2ccccc2cc2ccccc12.[Dy+3].[Dy+3].[O-]c1ccc(-c2c3ccccc3cc3ccccc23)cc1C=Nc1cccc2cccnc12.[O-]c1ccc(-c2c3ccccc3cc3ccccc23)cc1C=Nc1cccc2cccnc12. The predicted octanol–water partition coefficient (Wildman–Crippen LogP) is 23.9. The molecule has 148 heavy (non-hydrogen) atoms. The van der Waals surface area contributed by atoms with Crippen LogP contribution >= 0.6 is 46.4 Å². The summed E-state index contributed by atoms with van der Waals surface area (Å²) in [7, 11) is 2.00. The number of carbonyl (C=O) groups excluding carboxylic acids is 4. The number of aromatic nitrogens is 2. The minimum absolute atomic E-state index is 0. The second kappa shape index (κ2) is 55.1. The Labute approximate surface area is 932 Å². The van der Waals surface area contributed by atoms with Crippen molar-refractivity contribution in [3.05, 3.63) is 470 Å². The van der Waals surface area contributed by atoms with E-state index >= 15 is 0 Å². The summed E-state index contributed by atoms with van der Waals surface area (Å²) in [5, 5.41) is 110. The summed E-state index contributed by atoms with van der Waals surface area (Å²) in [5.74, 6) is -4.62. The van der Waals surface area contributed by atoms with E-state index in [0.717, 1.165) is 177 Å². The number of para-hydroxylation sites is 2. The number of fused-ring (bicyclic) bond motifs is 14. The molecule has 22 aromatic carbocycles. The number of aliphatic imine (C=N–C) groups is 2. The fourth-order valence-electron chi connectivity index (χ4n) is 17.9. The fourth-order valence-corrected chi connectivity index (χ4v) is 17.9. The monoisotopic (exact) mass is 2330 g/mol. The number of hydrogen-bond donors (Lipinski definition) is 2. The van der Waals surface area contributed by atoms with Crippen LogP contribution in [0.4, 0.5) is 11.4 Å². The van der Waals surface area contributed by atoms with Crippen LogP contribution in [0, 0.1) is 76.3 Å². The quantitative estimate of drug-likeness (QED) is 0.0730. The number of benzene rings is 22. The zero-order valence-corrected chi connectivity index (χ0v) is 86.1. The van der Waals surface area contributed by atoms with Crippen LogP contribution < -0.4 is 30.6 Å². The minimum Gasteiger partial charge on any atom is -0.872 e. The van der Waals surface area contributed by atoms with Gasteiger partial charge in [0.2, 0.25) is 0 Å². The third-order valence-electron chi connectivity index (χ3n) is 23.9. The Hall–Kier alpha value is -14.9. The number of nitrogens with zero attached hydrogens (tertiary/aromatic N) is 4. The number of aliphatic hydroxyl groups is 2. The predicted molar refractivity (Wildman–Crippen MR) is 590 cm³/mol. The molecule has 0 aliphatic carbocycles. The summed E-state index contributed by atoms with van der Waals surface area (Å²) in [6, 6.07) is 136.